The van der Waals surface area contributed by atoms with Crippen LogP contribution in [0.4, 0.5) is 0 Å². The van der Waals surface area contributed by atoms with Crippen molar-refractivity contribution in [2.24, 2.45) is 0 Å². The predicted octanol–water partition coefficient (Wildman–Crippen LogP) is 1.91. The zero-order valence-electron chi connectivity index (χ0n) is 18.2. The molecule has 0 aliphatic carbocycles. The highest BCUT2D eigenvalue weighted by Gasteiger charge is 2.59. The van der Waals surface area contributed by atoms with E-state index in [-0.39, 0.29) is 12.0 Å². The van der Waals surface area contributed by atoms with Crippen molar-refractivity contribution in [1.29, 1.82) is 0 Å². The standard InChI is InChI=1S/C10H16O5P2.C8H12O7P2/c1-16(12,13)10(11,17(2,14)15)8-9-6-4-3-5-7-9;9-8(16(10,11)12,17(13,14)15)6-7-4-2-1-3-5-7/h3-7,11H,8H2,1-2H3,(H,12,13)(H,14,15);1-5,9H,6H2,(H2,10,11,12)(H2,13,14,15). The summed E-state index contributed by atoms with van der Waals surface area (Å²) in [4.78, 5) is 54.6. The van der Waals surface area contributed by atoms with Gasteiger partial charge in [0.15, 0.2) is 0 Å². The average Bonchev–Trinajstić information content (AvgIpc) is 2.66. The van der Waals surface area contributed by atoms with Crippen molar-refractivity contribution in [2.45, 2.75) is 23.0 Å². The van der Waals surface area contributed by atoms with Gasteiger partial charge < -0.3 is 39.6 Å². The maximum absolute atomic E-state index is 11.7. The van der Waals surface area contributed by atoms with Gasteiger partial charge in [0.1, 0.15) is 0 Å². The molecule has 0 saturated carbocycles. The molecule has 192 valence electrons. The SMILES string of the molecule is CP(=O)(O)C(O)(Cc1ccccc1)P(C)(=O)O.O=P(O)(O)C(O)(Cc1ccccc1)P(=O)(O)O. The Balaban J connectivity index is 0.000000340. The summed E-state index contributed by atoms with van der Waals surface area (Å²) in [5.74, 6) is 0. The molecule has 12 nitrogen and oxygen atoms in total. The summed E-state index contributed by atoms with van der Waals surface area (Å²) in [6.45, 7) is 1.78. The normalized spacial score (nSPS) is 17.9. The third-order valence-electron chi connectivity index (χ3n) is 4.83. The van der Waals surface area contributed by atoms with Crippen molar-refractivity contribution in [2.75, 3.05) is 13.3 Å². The van der Waals surface area contributed by atoms with E-state index >= 15 is 0 Å². The Hall–Kier alpha value is -0.960. The summed E-state index contributed by atoms with van der Waals surface area (Å²) in [7, 11) is -19.0. The zero-order chi connectivity index (χ0) is 26.6. The molecule has 0 fully saturated rings. The van der Waals surface area contributed by atoms with Crippen LogP contribution in [0.15, 0.2) is 60.7 Å². The minimum absolute atomic E-state index is 0.210. The van der Waals surface area contributed by atoms with Gasteiger partial charge in [-0.3, -0.25) is 18.3 Å². The highest BCUT2D eigenvalue weighted by atomic mass is 31.2. The lowest BCUT2D eigenvalue weighted by Gasteiger charge is -2.32. The Bertz CT molecular complexity index is 995. The topological polar surface area (TPSA) is 230 Å². The van der Waals surface area contributed by atoms with E-state index in [4.69, 9.17) is 19.6 Å². The van der Waals surface area contributed by atoms with Crippen molar-refractivity contribution in [3.05, 3.63) is 71.8 Å². The van der Waals surface area contributed by atoms with Crippen LogP contribution in [-0.2, 0) is 31.1 Å². The molecule has 8 N–H and O–H groups in total. The molecule has 2 unspecified atom stereocenters. The largest absolute Gasteiger partial charge is 0.371 e. The summed E-state index contributed by atoms with van der Waals surface area (Å²) in [5, 5.41) is 13.8. The van der Waals surface area contributed by atoms with Crippen molar-refractivity contribution >= 4 is 29.9 Å². The number of rotatable bonds is 8. The van der Waals surface area contributed by atoms with E-state index in [2.05, 4.69) is 0 Å². The molecule has 2 rings (SSSR count). The first kappa shape index (κ1) is 31.1. The summed E-state index contributed by atoms with van der Waals surface area (Å²) >= 11 is 0. The number of benzene rings is 2. The van der Waals surface area contributed by atoms with E-state index in [1.165, 1.54) is 24.3 Å². The van der Waals surface area contributed by atoms with Crippen LogP contribution >= 0.6 is 29.9 Å². The van der Waals surface area contributed by atoms with Gasteiger partial charge in [-0.25, -0.2) is 0 Å². The predicted molar refractivity (Wildman–Crippen MR) is 126 cm³/mol. The smallest absolute Gasteiger partial charge is 0.369 e. The number of aliphatic hydroxyl groups is 2. The molecule has 0 spiro atoms. The lowest BCUT2D eigenvalue weighted by Crippen LogP contribution is -2.31. The van der Waals surface area contributed by atoms with E-state index in [1.807, 2.05) is 0 Å². The first-order valence-electron chi connectivity index (χ1n) is 9.40. The monoisotopic (exact) mass is 560 g/mol. The molecule has 16 heteroatoms. The first-order chi connectivity index (χ1) is 15.2. The molecule has 0 amide bonds. The molecule has 2 atom stereocenters. The van der Waals surface area contributed by atoms with Crippen molar-refractivity contribution in [3.63, 3.8) is 0 Å². The summed E-state index contributed by atoms with van der Waals surface area (Å²) in [6, 6.07) is 15.8. The van der Waals surface area contributed by atoms with Gasteiger partial charge in [-0.05, 0) is 11.1 Å². The van der Waals surface area contributed by atoms with Crippen LogP contribution < -0.4 is 0 Å². The lowest BCUT2D eigenvalue weighted by atomic mass is 10.2. The number of hydrogen-bond donors (Lipinski definition) is 8. The Morgan fingerprint density at radius 1 is 0.559 bits per heavy atom. The van der Waals surface area contributed by atoms with Crippen LogP contribution in [0.1, 0.15) is 11.1 Å². The molecule has 0 bridgehead atoms. The molecule has 0 aromatic heterocycles. The van der Waals surface area contributed by atoms with Gasteiger partial charge in [0.2, 0.25) is 19.8 Å². The summed E-state index contributed by atoms with van der Waals surface area (Å²) in [5.41, 5.74) is 0.740. The van der Waals surface area contributed by atoms with E-state index in [0.717, 1.165) is 13.3 Å². The Morgan fingerprint density at radius 3 is 1.06 bits per heavy atom. The Kier molecular flexibility index (Phi) is 10.0. The first-order valence-corrected chi connectivity index (χ1v) is 16.8. The van der Waals surface area contributed by atoms with Crippen LogP contribution in [0.2, 0.25) is 0 Å². The second-order valence-corrected chi connectivity index (χ2v) is 17.1. The van der Waals surface area contributed by atoms with Crippen LogP contribution in [0, 0.1) is 0 Å². The van der Waals surface area contributed by atoms with Crippen LogP contribution in [-0.4, -0.2) is 63.1 Å². The fourth-order valence-corrected chi connectivity index (χ4v) is 8.59. The van der Waals surface area contributed by atoms with Crippen LogP contribution in [0.25, 0.3) is 0 Å². The van der Waals surface area contributed by atoms with Gasteiger partial charge in [0.05, 0.1) is 0 Å². The minimum Gasteiger partial charge on any atom is -0.371 e. The van der Waals surface area contributed by atoms with Crippen molar-refractivity contribution in [1.82, 2.24) is 0 Å². The summed E-state index contributed by atoms with van der Waals surface area (Å²) < 4.78 is 45.4. The van der Waals surface area contributed by atoms with E-state index in [0.29, 0.717) is 5.56 Å². The van der Waals surface area contributed by atoms with E-state index < -0.39 is 46.5 Å². The second kappa shape index (κ2) is 11.0. The maximum atomic E-state index is 11.7. The van der Waals surface area contributed by atoms with Gasteiger partial charge in [-0.1, -0.05) is 60.7 Å². The molecule has 0 aliphatic rings. The molecule has 0 heterocycles. The highest BCUT2D eigenvalue weighted by Crippen LogP contribution is 2.69. The van der Waals surface area contributed by atoms with Gasteiger partial charge >= 0.3 is 15.2 Å². The molecule has 34 heavy (non-hydrogen) atoms. The minimum atomic E-state index is -5.38. The van der Waals surface area contributed by atoms with Crippen LogP contribution in [0.5, 0.6) is 0 Å². The lowest BCUT2D eigenvalue weighted by molar-refractivity contribution is 0.131. The fraction of sp³-hybridized carbons (Fsp3) is 0.333. The average molecular weight is 560 g/mol. The van der Waals surface area contributed by atoms with Gasteiger partial charge in [-0.15, -0.1) is 0 Å². The van der Waals surface area contributed by atoms with Crippen LogP contribution in [0.3, 0.4) is 0 Å². The number of hydrogen-bond acceptors (Lipinski definition) is 6. The van der Waals surface area contributed by atoms with E-state index in [9.17, 15) is 38.3 Å². The fourth-order valence-electron chi connectivity index (χ4n) is 2.75. The van der Waals surface area contributed by atoms with Gasteiger partial charge in [-0.2, -0.15) is 0 Å². The molecular weight excluding hydrogens is 532 g/mol. The van der Waals surface area contributed by atoms with E-state index in [1.54, 1.807) is 36.4 Å². The molecular formula is C18H28O12P4. The molecule has 0 aliphatic heterocycles. The van der Waals surface area contributed by atoms with Gasteiger partial charge in [0.25, 0.3) is 5.08 Å². The molecule has 0 radical (unpaired) electrons. The third kappa shape index (κ3) is 7.52. The summed E-state index contributed by atoms with van der Waals surface area (Å²) in [6.07, 6.45) is -1.16. The maximum Gasteiger partial charge on any atom is 0.369 e. The Morgan fingerprint density at radius 2 is 0.824 bits per heavy atom. The zero-order valence-corrected chi connectivity index (χ0v) is 21.8. The Labute approximate surface area is 196 Å². The molecule has 2 aromatic rings. The second-order valence-electron chi connectivity index (χ2n) is 7.72. The third-order valence-corrected chi connectivity index (χ3v) is 13.8. The van der Waals surface area contributed by atoms with Crippen molar-refractivity contribution < 1.29 is 57.8 Å². The molecule has 0 saturated heterocycles. The van der Waals surface area contributed by atoms with Gasteiger partial charge in [0, 0.05) is 26.2 Å². The van der Waals surface area contributed by atoms with Crippen molar-refractivity contribution in [3.8, 4) is 0 Å². The highest BCUT2D eigenvalue weighted by molar-refractivity contribution is 7.76. The quantitative estimate of drug-likeness (QED) is 0.217. The molecule has 2 aromatic carbocycles.